The third-order valence-corrected chi connectivity index (χ3v) is 6.73. The van der Waals surface area contributed by atoms with Crippen molar-refractivity contribution >= 4 is 40.4 Å². The van der Waals surface area contributed by atoms with Crippen LogP contribution in [-0.4, -0.2) is 44.6 Å². The number of nitrogens with one attached hydrogen (secondary N) is 1. The Kier molecular flexibility index (Phi) is 7.47. The van der Waals surface area contributed by atoms with Crippen molar-refractivity contribution in [2.45, 2.75) is 43.7 Å². The number of halogens is 3. The molecule has 1 aliphatic carbocycles. The van der Waals surface area contributed by atoms with Crippen molar-refractivity contribution < 1.29 is 18.4 Å². The normalized spacial score (nSPS) is 16.6. The minimum atomic E-state index is -2.72. The molecule has 1 N–H and O–H groups in total. The zero-order valence-corrected chi connectivity index (χ0v) is 19.6. The van der Waals surface area contributed by atoms with Gasteiger partial charge in [-0.2, -0.15) is 0 Å². The SMILES string of the molecule is O=C(NC1CCC(F)(F)CC1)C(c1cnccn1)N(C(=O)CCl)c1ccc(-c2cncs2)cc1. The minimum Gasteiger partial charge on any atom is -0.351 e. The summed E-state index contributed by atoms with van der Waals surface area (Å²) in [5, 5.41) is 2.83. The number of thiazole rings is 1. The van der Waals surface area contributed by atoms with Gasteiger partial charge in [-0.3, -0.25) is 29.4 Å². The molecule has 11 heteroatoms. The summed E-state index contributed by atoms with van der Waals surface area (Å²) in [5.41, 5.74) is 3.32. The molecule has 3 aromatic rings. The lowest BCUT2D eigenvalue weighted by molar-refractivity contribution is -0.127. The predicted octanol–water partition coefficient (Wildman–Crippen LogP) is 4.61. The smallest absolute Gasteiger partial charge is 0.249 e. The summed E-state index contributed by atoms with van der Waals surface area (Å²) < 4.78 is 27.1. The lowest BCUT2D eigenvalue weighted by Gasteiger charge is -2.33. The van der Waals surface area contributed by atoms with E-state index in [1.165, 1.54) is 34.8 Å². The molecule has 34 heavy (non-hydrogen) atoms. The second-order valence-corrected chi connectivity index (χ2v) is 9.14. The van der Waals surface area contributed by atoms with Gasteiger partial charge in [-0.05, 0) is 30.5 Å². The Morgan fingerprint density at radius 1 is 1.15 bits per heavy atom. The first-order valence-electron chi connectivity index (χ1n) is 10.7. The van der Waals surface area contributed by atoms with Crippen LogP contribution in [0.3, 0.4) is 0 Å². The Bertz CT molecular complexity index is 1110. The number of alkyl halides is 3. The van der Waals surface area contributed by atoms with E-state index in [2.05, 4.69) is 20.3 Å². The van der Waals surface area contributed by atoms with Gasteiger partial charge in [0.15, 0.2) is 6.04 Å². The second kappa shape index (κ2) is 10.5. The topological polar surface area (TPSA) is 88.1 Å². The van der Waals surface area contributed by atoms with Crippen LogP contribution in [0.5, 0.6) is 0 Å². The number of carbonyl (C=O) groups is 2. The van der Waals surface area contributed by atoms with Gasteiger partial charge >= 0.3 is 0 Å². The van der Waals surface area contributed by atoms with Crippen LogP contribution < -0.4 is 10.2 Å². The van der Waals surface area contributed by atoms with Crippen LogP contribution in [0.1, 0.15) is 37.4 Å². The van der Waals surface area contributed by atoms with Gasteiger partial charge in [0.2, 0.25) is 17.7 Å². The molecule has 1 unspecified atom stereocenters. The first-order chi connectivity index (χ1) is 16.4. The summed E-state index contributed by atoms with van der Waals surface area (Å²) in [6.45, 7) is 0. The van der Waals surface area contributed by atoms with Crippen molar-refractivity contribution in [1.82, 2.24) is 20.3 Å². The van der Waals surface area contributed by atoms with Gasteiger partial charge in [0.05, 0.1) is 22.3 Å². The molecule has 7 nitrogen and oxygen atoms in total. The van der Waals surface area contributed by atoms with Crippen molar-refractivity contribution in [3.63, 3.8) is 0 Å². The lowest BCUT2D eigenvalue weighted by atomic mass is 9.92. The molecular weight excluding hydrogens is 484 g/mol. The molecule has 4 rings (SSSR count). The van der Waals surface area contributed by atoms with Gasteiger partial charge in [-0.15, -0.1) is 22.9 Å². The van der Waals surface area contributed by atoms with Crippen LogP contribution in [0.2, 0.25) is 0 Å². The Hall–Kier alpha value is -2.98. The fourth-order valence-electron chi connectivity index (χ4n) is 3.95. The van der Waals surface area contributed by atoms with Gasteiger partial charge in [0, 0.05) is 43.2 Å². The van der Waals surface area contributed by atoms with E-state index in [-0.39, 0.29) is 37.3 Å². The number of nitrogens with zero attached hydrogens (tertiary/aromatic N) is 4. The predicted molar refractivity (Wildman–Crippen MR) is 126 cm³/mol. The standard InChI is InChI=1S/C23H22ClF2N5O2S/c24-11-20(32)31(17-3-1-15(2-4-17)19-13-28-14-34-19)21(18-12-27-9-10-29-18)22(33)30-16-5-7-23(25,26)8-6-16/h1-4,9-10,12-14,16,21H,5-8,11H2,(H,30,33). The van der Waals surface area contributed by atoms with Crippen molar-refractivity contribution in [2.75, 3.05) is 10.8 Å². The maximum absolute atomic E-state index is 13.6. The molecule has 0 aliphatic heterocycles. The van der Waals surface area contributed by atoms with E-state index in [9.17, 15) is 18.4 Å². The third-order valence-electron chi connectivity index (χ3n) is 5.68. The van der Waals surface area contributed by atoms with E-state index in [1.807, 2.05) is 12.1 Å². The summed E-state index contributed by atoms with van der Waals surface area (Å²) >= 11 is 7.40. The van der Waals surface area contributed by atoms with Gasteiger partial charge in [0.25, 0.3) is 0 Å². The summed E-state index contributed by atoms with van der Waals surface area (Å²) in [4.78, 5) is 41.0. The third kappa shape index (κ3) is 5.56. The highest BCUT2D eigenvalue weighted by atomic mass is 35.5. The maximum Gasteiger partial charge on any atom is 0.249 e. The Balaban J connectivity index is 1.65. The fourth-order valence-corrected chi connectivity index (χ4v) is 4.70. The monoisotopic (exact) mass is 505 g/mol. The lowest BCUT2D eigenvalue weighted by Crippen LogP contribution is -2.49. The van der Waals surface area contributed by atoms with Crippen LogP contribution in [0.25, 0.3) is 10.4 Å². The highest BCUT2D eigenvalue weighted by Crippen LogP contribution is 2.34. The molecule has 0 spiro atoms. The molecule has 178 valence electrons. The van der Waals surface area contributed by atoms with Crippen molar-refractivity contribution in [1.29, 1.82) is 0 Å². The zero-order chi connectivity index (χ0) is 24.1. The van der Waals surface area contributed by atoms with Gasteiger partial charge in [-0.25, -0.2) is 8.78 Å². The van der Waals surface area contributed by atoms with E-state index in [4.69, 9.17) is 11.6 Å². The highest BCUT2D eigenvalue weighted by molar-refractivity contribution is 7.13. The van der Waals surface area contributed by atoms with Gasteiger partial charge in [0.1, 0.15) is 5.88 Å². The minimum absolute atomic E-state index is 0.152. The number of hydrogen-bond acceptors (Lipinski definition) is 6. The van der Waals surface area contributed by atoms with Crippen LogP contribution >= 0.6 is 22.9 Å². The van der Waals surface area contributed by atoms with Gasteiger partial charge < -0.3 is 5.32 Å². The maximum atomic E-state index is 13.6. The molecule has 1 saturated carbocycles. The summed E-state index contributed by atoms with van der Waals surface area (Å²) in [5.74, 6) is -4.11. The van der Waals surface area contributed by atoms with Crippen molar-refractivity contribution in [2.24, 2.45) is 0 Å². The molecule has 1 aromatic carbocycles. The Morgan fingerprint density at radius 3 is 2.47 bits per heavy atom. The molecule has 2 aromatic heterocycles. The number of hydrogen-bond donors (Lipinski definition) is 1. The molecule has 0 radical (unpaired) electrons. The van der Waals surface area contributed by atoms with Crippen molar-refractivity contribution in [3.05, 3.63) is 60.3 Å². The van der Waals surface area contributed by atoms with Crippen LogP contribution in [0.4, 0.5) is 14.5 Å². The Morgan fingerprint density at radius 2 is 1.88 bits per heavy atom. The largest absolute Gasteiger partial charge is 0.351 e. The summed E-state index contributed by atoms with van der Waals surface area (Å²) in [7, 11) is 0. The molecule has 0 saturated heterocycles. The Labute approximate surface area is 204 Å². The van der Waals surface area contributed by atoms with E-state index < -0.39 is 29.8 Å². The van der Waals surface area contributed by atoms with Gasteiger partial charge in [-0.1, -0.05) is 12.1 Å². The number of amides is 2. The summed E-state index contributed by atoms with van der Waals surface area (Å²) in [6, 6.07) is 5.50. The average molecular weight is 506 g/mol. The zero-order valence-electron chi connectivity index (χ0n) is 18.0. The molecule has 1 aliphatic rings. The van der Waals surface area contributed by atoms with E-state index in [1.54, 1.807) is 23.8 Å². The number of anilines is 1. The molecule has 0 bridgehead atoms. The summed E-state index contributed by atoms with van der Waals surface area (Å²) in [6.07, 6.45) is 5.74. The number of benzene rings is 1. The fraction of sp³-hybridized carbons (Fsp3) is 0.348. The van der Waals surface area contributed by atoms with E-state index in [0.29, 0.717) is 5.69 Å². The molecule has 1 atom stereocenters. The first-order valence-corrected chi connectivity index (χ1v) is 12.1. The van der Waals surface area contributed by atoms with Crippen LogP contribution in [0, 0.1) is 0 Å². The highest BCUT2D eigenvalue weighted by Gasteiger charge is 2.38. The quantitative estimate of drug-likeness (QED) is 0.474. The first kappa shape index (κ1) is 24.2. The van der Waals surface area contributed by atoms with E-state index >= 15 is 0 Å². The number of carbonyl (C=O) groups excluding carboxylic acids is 2. The number of aromatic nitrogens is 3. The number of rotatable bonds is 7. The molecule has 2 heterocycles. The average Bonchev–Trinajstić information content (AvgIpc) is 3.39. The van der Waals surface area contributed by atoms with Crippen LogP contribution in [0.15, 0.2) is 54.6 Å². The molecule has 2 amide bonds. The van der Waals surface area contributed by atoms with Crippen LogP contribution in [-0.2, 0) is 9.59 Å². The van der Waals surface area contributed by atoms with Crippen molar-refractivity contribution in [3.8, 4) is 10.4 Å². The molecule has 1 fully saturated rings. The van der Waals surface area contributed by atoms with E-state index in [0.717, 1.165) is 10.4 Å². The molecular formula is C23H22ClF2N5O2S. The second-order valence-electron chi connectivity index (χ2n) is 7.98.